The topological polar surface area (TPSA) is 41.6 Å². The fourth-order valence-electron chi connectivity index (χ4n) is 4.59. The van der Waals surface area contributed by atoms with Gasteiger partial charge in [0.2, 0.25) is 0 Å². The van der Waals surface area contributed by atoms with E-state index in [0.29, 0.717) is 0 Å². The van der Waals surface area contributed by atoms with Crippen molar-refractivity contribution in [3.05, 3.63) is 35.9 Å². The van der Waals surface area contributed by atoms with Gasteiger partial charge in [-0.25, -0.2) is 4.79 Å². The predicted molar refractivity (Wildman–Crippen MR) is 105 cm³/mol. The van der Waals surface area contributed by atoms with Crippen LogP contribution in [0.4, 0.5) is 4.79 Å². The van der Waals surface area contributed by atoms with E-state index in [4.69, 9.17) is 4.74 Å². The van der Waals surface area contributed by atoms with Crippen LogP contribution in [-0.2, 0) is 11.2 Å². The van der Waals surface area contributed by atoms with E-state index in [0.717, 1.165) is 25.8 Å². The lowest BCUT2D eigenvalue weighted by Gasteiger charge is -2.38. The Labute approximate surface area is 158 Å². The van der Waals surface area contributed by atoms with Crippen LogP contribution in [0.1, 0.15) is 65.4 Å². The second-order valence-electron chi connectivity index (χ2n) is 9.14. The van der Waals surface area contributed by atoms with Crippen molar-refractivity contribution in [2.45, 2.75) is 89.4 Å². The number of benzene rings is 1. The van der Waals surface area contributed by atoms with Crippen molar-refractivity contribution in [1.29, 1.82) is 0 Å². The predicted octanol–water partition coefficient (Wildman–Crippen LogP) is 4.53. The maximum absolute atomic E-state index is 13.1. The Bertz CT molecular complexity index is 610. The zero-order valence-electron chi connectivity index (χ0n) is 16.8. The van der Waals surface area contributed by atoms with Gasteiger partial charge in [0.05, 0.1) is 6.04 Å². The summed E-state index contributed by atoms with van der Waals surface area (Å²) in [7, 11) is 0. The molecule has 1 N–H and O–H groups in total. The summed E-state index contributed by atoms with van der Waals surface area (Å²) in [4.78, 5) is 15.2. The molecule has 1 aromatic rings. The Morgan fingerprint density at radius 2 is 1.96 bits per heavy atom. The highest BCUT2D eigenvalue weighted by atomic mass is 16.6. The first-order valence-electron chi connectivity index (χ1n) is 10.1. The number of fused-ring (bicyclic) bond motifs is 1. The van der Waals surface area contributed by atoms with Crippen molar-refractivity contribution in [2.75, 3.05) is 6.54 Å². The van der Waals surface area contributed by atoms with Crippen LogP contribution >= 0.6 is 0 Å². The van der Waals surface area contributed by atoms with Crippen LogP contribution in [-0.4, -0.2) is 40.8 Å². The molecule has 4 nitrogen and oxygen atoms in total. The molecule has 1 amide bonds. The van der Waals surface area contributed by atoms with E-state index in [9.17, 15) is 4.79 Å². The van der Waals surface area contributed by atoms with Gasteiger partial charge in [-0.1, -0.05) is 43.2 Å². The largest absolute Gasteiger partial charge is 0.444 e. The zero-order chi connectivity index (χ0) is 18.8. The monoisotopic (exact) mass is 358 g/mol. The van der Waals surface area contributed by atoms with E-state index in [-0.39, 0.29) is 23.7 Å². The SMILES string of the molecule is CC(C)(C)OC(=O)N1C2CCCCCN[C@@]2(C)C[C@H]1Cc1ccccc1. The molecule has 2 heterocycles. The summed E-state index contributed by atoms with van der Waals surface area (Å²) in [5.74, 6) is 0. The van der Waals surface area contributed by atoms with E-state index >= 15 is 0 Å². The Kier molecular flexibility index (Phi) is 5.61. The highest BCUT2D eigenvalue weighted by molar-refractivity contribution is 5.70. The van der Waals surface area contributed by atoms with Gasteiger partial charge in [-0.2, -0.15) is 0 Å². The van der Waals surface area contributed by atoms with E-state index < -0.39 is 5.60 Å². The first-order valence-corrected chi connectivity index (χ1v) is 10.1. The van der Waals surface area contributed by atoms with Gasteiger partial charge in [-0.3, -0.25) is 4.90 Å². The molecule has 1 aromatic carbocycles. The molecule has 2 fully saturated rings. The van der Waals surface area contributed by atoms with Crippen LogP contribution in [0.2, 0.25) is 0 Å². The maximum Gasteiger partial charge on any atom is 0.410 e. The van der Waals surface area contributed by atoms with Crippen molar-refractivity contribution < 1.29 is 9.53 Å². The smallest absolute Gasteiger partial charge is 0.410 e. The van der Waals surface area contributed by atoms with Gasteiger partial charge in [-0.15, -0.1) is 0 Å². The van der Waals surface area contributed by atoms with Crippen molar-refractivity contribution in [3.8, 4) is 0 Å². The molecular formula is C22H34N2O2. The van der Waals surface area contributed by atoms with E-state index in [2.05, 4.69) is 41.4 Å². The fraction of sp³-hybridized carbons (Fsp3) is 0.682. The molecule has 0 aromatic heterocycles. The third-order valence-electron chi connectivity index (χ3n) is 5.73. The Hall–Kier alpha value is -1.55. The van der Waals surface area contributed by atoms with Crippen molar-refractivity contribution in [1.82, 2.24) is 10.2 Å². The summed E-state index contributed by atoms with van der Waals surface area (Å²) in [6.07, 6.45) is 6.38. The summed E-state index contributed by atoms with van der Waals surface area (Å²) >= 11 is 0. The number of carbonyl (C=O) groups is 1. The van der Waals surface area contributed by atoms with E-state index in [1.165, 1.54) is 24.8 Å². The lowest BCUT2D eigenvalue weighted by atomic mass is 9.86. The average Bonchev–Trinajstić information content (AvgIpc) is 2.79. The van der Waals surface area contributed by atoms with Crippen LogP contribution in [0.3, 0.4) is 0 Å². The summed E-state index contributed by atoms with van der Waals surface area (Å²) in [5, 5.41) is 3.77. The second kappa shape index (κ2) is 7.59. The van der Waals surface area contributed by atoms with Crippen LogP contribution in [0.5, 0.6) is 0 Å². The highest BCUT2D eigenvalue weighted by Crippen LogP contribution is 2.39. The zero-order valence-corrected chi connectivity index (χ0v) is 16.8. The Morgan fingerprint density at radius 1 is 1.23 bits per heavy atom. The van der Waals surface area contributed by atoms with Crippen LogP contribution in [0.25, 0.3) is 0 Å². The first-order chi connectivity index (χ1) is 12.3. The third-order valence-corrected chi connectivity index (χ3v) is 5.73. The number of nitrogens with one attached hydrogen (secondary N) is 1. The number of likely N-dealkylation sites (tertiary alicyclic amines) is 1. The average molecular weight is 359 g/mol. The molecule has 2 aliphatic heterocycles. The molecule has 0 radical (unpaired) electrons. The van der Waals surface area contributed by atoms with Gasteiger partial charge in [-0.05, 0) is 65.5 Å². The number of hydrogen-bond acceptors (Lipinski definition) is 3. The highest BCUT2D eigenvalue weighted by Gasteiger charge is 2.51. The Morgan fingerprint density at radius 3 is 2.65 bits per heavy atom. The standard InChI is InChI=1S/C22H34N2O2/c1-21(2,3)26-20(25)24-18(15-17-11-7-5-8-12-17)16-22(4)19(24)13-9-6-10-14-23-22/h5,7-8,11-12,18-19,23H,6,9-10,13-16H2,1-4H3/t18-,19?,22+/m1/s1. The quantitative estimate of drug-likeness (QED) is 0.844. The Balaban J connectivity index is 1.88. The third kappa shape index (κ3) is 4.40. The van der Waals surface area contributed by atoms with Crippen molar-refractivity contribution >= 4 is 6.09 Å². The normalized spacial score (nSPS) is 29.6. The summed E-state index contributed by atoms with van der Waals surface area (Å²) in [6.45, 7) is 9.17. The van der Waals surface area contributed by atoms with Crippen molar-refractivity contribution in [3.63, 3.8) is 0 Å². The van der Waals surface area contributed by atoms with Gasteiger partial charge >= 0.3 is 6.09 Å². The van der Waals surface area contributed by atoms with Crippen LogP contribution in [0.15, 0.2) is 30.3 Å². The maximum atomic E-state index is 13.1. The minimum atomic E-state index is -0.470. The molecule has 2 aliphatic rings. The lowest BCUT2D eigenvalue weighted by Crippen LogP contribution is -2.55. The number of rotatable bonds is 2. The number of nitrogens with zero attached hydrogens (tertiary/aromatic N) is 1. The second-order valence-corrected chi connectivity index (χ2v) is 9.14. The minimum absolute atomic E-state index is 0.0310. The number of amides is 1. The van der Waals surface area contributed by atoms with E-state index in [1.54, 1.807) is 0 Å². The molecule has 1 unspecified atom stereocenters. The summed E-state index contributed by atoms with van der Waals surface area (Å²) in [5.41, 5.74) is 0.781. The molecule has 26 heavy (non-hydrogen) atoms. The van der Waals surface area contributed by atoms with Gasteiger partial charge in [0.25, 0.3) is 0 Å². The number of carbonyl (C=O) groups excluding carboxylic acids is 1. The molecule has 144 valence electrons. The molecule has 0 bridgehead atoms. The molecule has 0 aliphatic carbocycles. The lowest BCUT2D eigenvalue weighted by molar-refractivity contribution is 0.00998. The van der Waals surface area contributed by atoms with Crippen molar-refractivity contribution in [2.24, 2.45) is 0 Å². The minimum Gasteiger partial charge on any atom is -0.444 e. The van der Waals surface area contributed by atoms with Gasteiger partial charge in [0, 0.05) is 11.6 Å². The molecule has 3 rings (SSSR count). The van der Waals surface area contributed by atoms with Gasteiger partial charge in [0.15, 0.2) is 0 Å². The first kappa shape index (κ1) is 19.2. The van der Waals surface area contributed by atoms with Gasteiger partial charge < -0.3 is 10.1 Å². The van der Waals surface area contributed by atoms with Crippen LogP contribution in [0, 0.1) is 0 Å². The fourth-order valence-corrected chi connectivity index (χ4v) is 4.59. The molecular weight excluding hydrogens is 324 g/mol. The number of ether oxygens (including phenoxy) is 1. The molecule has 4 heteroatoms. The van der Waals surface area contributed by atoms with E-state index in [1.807, 2.05) is 26.8 Å². The summed E-state index contributed by atoms with van der Waals surface area (Å²) in [6, 6.07) is 10.9. The number of hydrogen-bond donors (Lipinski definition) is 1. The molecule has 0 spiro atoms. The van der Waals surface area contributed by atoms with Gasteiger partial charge in [0.1, 0.15) is 5.60 Å². The van der Waals surface area contributed by atoms with Crippen LogP contribution < -0.4 is 5.32 Å². The molecule has 0 saturated carbocycles. The molecule has 3 atom stereocenters. The summed E-state index contributed by atoms with van der Waals surface area (Å²) < 4.78 is 5.81. The molecule has 2 saturated heterocycles.